The van der Waals surface area contributed by atoms with Crippen molar-refractivity contribution >= 4 is 18.6 Å². The topological polar surface area (TPSA) is 30.2 Å². The Bertz CT molecular complexity index is 433. The third kappa shape index (κ3) is 1.17. The first-order valence-electron chi connectivity index (χ1n) is 3.28. The van der Waals surface area contributed by atoms with E-state index in [1.54, 1.807) is 5.80 Å². The molecule has 1 aromatic heterocycles. The molecule has 0 N–H and O–H groups in total. The summed E-state index contributed by atoms with van der Waals surface area (Å²) >= 11 is 0. The zero-order chi connectivity index (χ0) is 7.68. The van der Waals surface area contributed by atoms with Crippen LogP contribution >= 0.6 is 7.65 Å². The smallest absolute Gasteiger partial charge is 0.250 e. The van der Waals surface area contributed by atoms with Gasteiger partial charge < -0.3 is 0 Å². The molecule has 11 heavy (non-hydrogen) atoms. The molecule has 1 heterocycles. The van der Waals surface area contributed by atoms with E-state index in [2.05, 4.69) is 0 Å². The lowest BCUT2D eigenvalue weighted by Gasteiger charge is -1.85. The van der Waals surface area contributed by atoms with Gasteiger partial charge in [-0.1, -0.05) is 18.2 Å². The molecule has 0 bridgehead atoms. The number of hydrogen-bond acceptors (Lipinski definition) is 2. The minimum Gasteiger partial charge on any atom is -0.250 e. The lowest BCUT2D eigenvalue weighted by Crippen LogP contribution is -1.65. The van der Waals surface area contributed by atoms with Gasteiger partial charge in [0, 0.05) is 5.39 Å². The molecule has 0 aliphatic rings. The zero-order valence-electron chi connectivity index (χ0n) is 5.73. The van der Waals surface area contributed by atoms with Crippen LogP contribution in [0.2, 0.25) is 0 Å². The van der Waals surface area contributed by atoms with Gasteiger partial charge >= 0.3 is 7.65 Å². The number of fused-ring (bicyclic) bond motifs is 1. The SMILES string of the molecule is O=[p+]1ccc2ccccc2o1. The maximum absolute atomic E-state index is 10.9. The van der Waals surface area contributed by atoms with Gasteiger partial charge in [0.2, 0.25) is 0 Å². The molecule has 2 rings (SSSR count). The van der Waals surface area contributed by atoms with Crippen LogP contribution in [0.5, 0.6) is 0 Å². The fourth-order valence-electron chi connectivity index (χ4n) is 0.970. The Morgan fingerprint density at radius 3 is 2.91 bits per heavy atom. The molecule has 2 nitrogen and oxygen atoms in total. The number of rotatable bonds is 0. The van der Waals surface area contributed by atoms with E-state index in [4.69, 9.17) is 4.20 Å². The first kappa shape index (κ1) is 6.56. The fraction of sp³-hybridized carbons (Fsp3) is 0. The van der Waals surface area contributed by atoms with Crippen LogP contribution in [0.15, 0.2) is 40.3 Å². The highest BCUT2D eigenvalue weighted by Crippen LogP contribution is 2.21. The summed E-state index contributed by atoms with van der Waals surface area (Å²) in [5, 5.41) is 0.988. The van der Waals surface area contributed by atoms with Crippen molar-refractivity contribution < 1.29 is 8.76 Å². The second kappa shape index (κ2) is 2.48. The van der Waals surface area contributed by atoms with E-state index in [1.807, 2.05) is 30.3 Å². The van der Waals surface area contributed by atoms with E-state index in [-0.39, 0.29) is 0 Å². The molecular formula is C8H6O2P+. The maximum atomic E-state index is 10.9. The van der Waals surface area contributed by atoms with Crippen molar-refractivity contribution in [2.24, 2.45) is 0 Å². The van der Waals surface area contributed by atoms with Gasteiger partial charge in [0.1, 0.15) is 0 Å². The Kier molecular flexibility index (Phi) is 1.48. The van der Waals surface area contributed by atoms with Gasteiger partial charge in [-0.25, -0.2) is 0 Å². The van der Waals surface area contributed by atoms with E-state index in [9.17, 15) is 4.57 Å². The molecule has 1 aromatic carbocycles. The van der Waals surface area contributed by atoms with E-state index < -0.39 is 7.65 Å². The highest BCUT2D eigenvalue weighted by Gasteiger charge is 2.01. The van der Waals surface area contributed by atoms with E-state index in [0.29, 0.717) is 5.58 Å². The van der Waals surface area contributed by atoms with Gasteiger partial charge in [0.25, 0.3) is 0 Å². The molecule has 0 fully saturated rings. The minimum atomic E-state index is -1.61. The second-order valence-electron chi connectivity index (χ2n) is 2.23. The largest absolute Gasteiger partial charge is 0.589 e. The molecule has 3 heteroatoms. The highest BCUT2D eigenvalue weighted by molar-refractivity contribution is 7.29. The summed E-state index contributed by atoms with van der Waals surface area (Å²) < 4.78 is 15.9. The summed E-state index contributed by atoms with van der Waals surface area (Å²) in [4.78, 5) is 0. The van der Waals surface area contributed by atoms with Gasteiger partial charge in [-0.15, -0.1) is 0 Å². The average molecular weight is 165 g/mol. The lowest BCUT2D eigenvalue weighted by atomic mass is 10.2. The minimum absolute atomic E-state index is 0.705. The van der Waals surface area contributed by atoms with Crippen LogP contribution in [0.3, 0.4) is 0 Å². The van der Waals surface area contributed by atoms with E-state index in [1.165, 1.54) is 0 Å². The Hall–Kier alpha value is -1.14. The molecule has 0 saturated heterocycles. The molecule has 0 aliphatic carbocycles. The molecule has 1 unspecified atom stereocenters. The Morgan fingerprint density at radius 2 is 2.00 bits per heavy atom. The van der Waals surface area contributed by atoms with Gasteiger partial charge in [-0.2, -0.15) is 0 Å². The van der Waals surface area contributed by atoms with E-state index in [0.717, 1.165) is 5.39 Å². The zero-order valence-corrected chi connectivity index (χ0v) is 6.62. The lowest BCUT2D eigenvalue weighted by molar-refractivity contribution is 0.561. The first-order valence-corrected chi connectivity index (χ1v) is 4.52. The normalized spacial score (nSPS) is 11.8. The first-order chi connectivity index (χ1) is 5.36. The molecule has 0 amide bonds. The molecular weight excluding hydrogens is 159 g/mol. The van der Waals surface area contributed by atoms with Crippen molar-refractivity contribution in [2.75, 3.05) is 0 Å². The summed E-state index contributed by atoms with van der Waals surface area (Å²) in [6.07, 6.45) is 0. The molecule has 0 radical (unpaired) electrons. The average Bonchev–Trinajstić information content (AvgIpc) is 2.04. The molecule has 0 spiro atoms. The van der Waals surface area contributed by atoms with Crippen LogP contribution in [0.4, 0.5) is 0 Å². The Labute approximate surface area is 64.3 Å². The van der Waals surface area contributed by atoms with Gasteiger partial charge in [0.05, 0.1) is 0 Å². The van der Waals surface area contributed by atoms with Crippen molar-refractivity contribution in [1.29, 1.82) is 0 Å². The molecule has 0 aliphatic heterocycles. The van der Waals surface area contributed by atoms with Gasteiger partial charge in [-0.3, -0.25) is 4.20 Å². The Morgan fingerprint density at radius 1 is 1.18 bits per heavy atom. The summed E-state index contributed by atoms with van der Waals surface area (Å²) in [5.41, 5.74) is 0.705. The monoisotopic (exact) mass is 165 g/mol. The van der Waals surface area contributed by atoms with Crippen molar-refractivity contribution in [3.05, 3.63) is 36.1 Å². The van der Waals surface area contributed by atoms with Crippen molar-refractivity contribution in [2.45, 2.75) is 0 Å². The van der Waals surface area contributed by atoms with Crippen molar-refractivity contribution in [3.63, 3.8) is 0 Å². The molecule has 54 valence electrons. The number of para-hydroxylation sites is 1. The van der Waals surface area contributed by atoms with Crippen molar-refractivity contribution in [3.8, 4) is 0 Å². The van der Waals surface area contributed by atoms with Crippen molar-refractivity contribution in [1.82, 2.24) is 0 Å². The summed E-state index contributed by atoms with van der Waals surface area (Å²) in [7, 11) is -1.61. The van der Waals surface area contributed by atoms with E-state index >= 15 is 0 Å². The fourth-order valence-corrected chi connectivity index (χ4v) is 1.67. The second-order valence-corrected chi connectivity index (χ2v) is 3.28. The predicted octanol–water partition coefficient (Wildman–Crippen LogP) is 3.18. The summed E-state index contributed by atoms with van der Waals surface area (Å²) in [6.45, 7) is 0. The third-order valence-electron chi connectivity index (χ3n) is 1.48. The van der Waals surface area contributed by atoms with Crippen LogP contribution in [-0.4, -0.2) is 0 Å². The standard InChI is InChI=1S/C8H6O2P/c9-11-6-5-7-3-1-2-4-8(7)10-11/h1-6H/q+1. The molecule has 0 saturated carbocycles. The molecule has 1 atom stereocenters. The number of hydrogen-bond donors (Lipinski definition) is 0. The van der Waals surface area contributed by atoms with Crippen LogP contribution in [0.25, 0.3) is 11.0 Å². The highest BCUT2D eigenvalue weighted by atomic mass is 31.1. The predicted molar refractivity (Wildman–Crippen MR) is 43.8 cm³/mol. The third-order valence-corrected chi connectivity index (χ3v) is 2.25. The summed E-state index contributed by atoms with van der Waals surface area (Å²) in [6, 6.07) is 9.34. The van der Waals surface area contributed by atoms with Crippen LogP contribution in [-0.2, 0) is 4.57 Å². The summed E-state index contributed by atoms with van der Waals surface area (Å²) in [5.74, 6) is 1.57. The van der Waals surface area contributed by atoms with Gasteiger partial charge in [-0.05, 0) is 16.7 Å². The van der Waals surface area contributed by atoms with Crippen LogP contribution in [0, 0.1) is 0 Å². The maximum Gasteiger partial charge on any atom is 0.589 e. The van der Waals surface area contributed by atoms with Crippen LogP contribution < -0.4 is 0 Å². The van der Waals surface area contributed by atoms with Gasteiger partial charge in [0.15, 0.2) is 11.4 Å². The molecule has 2 aromatic rings. The number of benzene rings is 1. The van der Waals surface area contributed by atoms with Crippen LogP contribution in [0.1, 0.15) is 0 Å². The quantitative estimate of drug-likeness (QED) is 0.600. The Balaban J connectivity index is 2.94.